The van der Waals surface area contributed by atoms with Crippen LogP contribution < -0.4 is 0 Å². The van der Waals surface area contributed by atoms with Crippen LogP contribution in [0.4, 0.5) is 0 Å². The number of hydrogen-bond acceptors (Lipinski definition) is 2. The van der Waals surface area contributed by atoms with E-state index in [1.807, 2.05) is 13.8 Å². The lowest BCUT2D eigenvalue weighted by Gasteiger charge is -2.22. The summed E-state index contributed by atoms with van der Waals surface area (Å²) >= 11 is 0. The molecule has 0 aromatic rings. The zero-order valence-corrected chi connectivity index (χ0v) is 10.0. The predicted molar refractivity (Wildman–Crippen MR) is 60.2 cm³/mol. The van der Waals surface area contributed by atoms with Crippen LogP contribution in [-0.4, -0.2) is 22.4 Å². The molecule has 0 heterocycles. The molecule has 0 aliphatic rings. The topological polar surface area (TPSA) is 40.5 Å². The standard InChI is InChI=1S/C12H26O2/c1-9(2)12(7-5-10(3)13)8-6-11(4)14/h9-14H,5-8H2,1-4H3/t10-,11-/m0/s1. The molecule has 0 aromatic heterocycles. The van der Waals surface area contributed by atoms with Crippen molar-refractivity contribution < 1.29 is 10.2 Å². The molecule has 2 atom stereocenters. The van der Waals surface area contributed by atoms with Gasteiger partial charge in [-0.15, -0.1) is 0 Å². The Balaban J connectivity index is 3.78. The van der Waals surface area contributed by atoms with Crippen molar-refractivity contribution >= 4 is 0 Å². The lowest BCUT2D eigenvalue weighted by Crippen LogP contribution is -2.14. The average molecular weight is 202 g/mol. The fourth-order valence-corrected chi connectivity index (χ4v) is 1.72. The van der Waals surface area contributed by atoms with Crippen LogP contribution in [0.25, 0.3) is 0 Å². The summed E-state index contributed by atoms with van der Waals surface area (Å²) in [7, 11) is 0. The van der Waals surface area contributed by atoms with Crippen LogP contribution in [0.15, 0.2) is 0 Å². The van der Waals surface area contributed by atoms with Crippen molar-refractivity contribution in [2.45, 2.75) is 65.6 Å². The van der Waals surface area contributed by atoms with E-state index in [-0.39, 0.29) is 12.2 Å². The summed E-state index contributed by atoms with van der Waals surface area (Å²) in [6.45, 7) is 8.11. The van der Waals surface area contributed by atoms with Gasteiger partial charge in [-0.3, -0.25) is 0 Å². The summed E-state index contributed by atoms with van der Waals surface area (Å²) in [4.78, 5) is 0. The minimum Gasteiger partial charge on any atom is -0.393 e. The second kappa shape index (κ2) is 7.24. The van der Waals surface area contributed by atoms with Gasteiger partial charge in [0, 0.05) is 0 Å². The van der Waals surface area contributed by atoms with Gasteiger partial charge in [-0.05, 0) is 51.4 Å². The van der Waals surface area contributed by atoms with E-state index < -0.39 is 0 Å². The molecule has 0 unspecified atom stereocenters. The first-order valence-electron chi connectivity index (χ1n) is 5.79. The van der Waals surface area contributed by atoms with E-state index in [2.05, 4.69) is 13.8 Å². The summed E-state index contributed by atoms with van der Waals surface area (Å²) in [5.41, 5.74) is 0. The summed E-state index contributed by atoms with van der Waals surface area (Å²) in [6, 6.07) is 0. The van der Waals surface area contributed by atoms with Gasteiger partial charge in [-0.1, -0.05) is 13.8 Å². The van der Waals surface area contributed by atoms with E-state index in [1.165, 1.54) is 0 Å². The largest absolute Gasteiger partial charge is 0.393 e. The van der Waals surface area contributed by atoms with Crippen LogP contribution in [0.5, 0.6) is 0 Å². The van der Waals surface area contributed by atoms with Gasteiger partial charge in [0.2, 0.25) is 0 Å². The van der Waals surface area contributed by atoms with Gasteiger partial charge in [0.15, 0.2) is 0 Å². The van der Waals surface area contributed by atoms with Gasteiger partial charge in [-0.25, -0.2) is 0 Å². The van der Waals surface area contributed by atoms with E-state index in [0.717, 1.165) is 25.7 Å². The minimum atomic E-state index is -0.192. The molecule has 0 bridgehead atoms. The third-order valence-electron chi connectivity index (χ3n) is 2.85. The first kappa shape index (κ1) is 13.9. The van der Waals surface area contributed by atoms with Gasteiger partial charge in [0.1, 0.15) is 0 Å². The Hall–Kier alpha value is -0.0800. The molecule has 2 heteroatoms. The van der Waals surface area contributed by atoms with Crippen LogP contribution in [0.1, 0.15) is 53.4 Å². The van der Waals surface area contributed by atoms with E-state index in [1.54, 1.807) is 0 Å². The van der Waals surface area contributed by atoms with Crippen molar-refractivity contribution in [1.29, 1.82) is 0 Å². The van der Waals surface area contributed by atoms with E-state index in [4.69, 9.17) is 0 Å². The van der Waals surface area contributed by atoms with Crippen molar-refractivity contribution in [2.75, 3.05) is 0 Å². The van der Waals surface area contributed by atoms with Gasteiger partial charge < -0.3 is 10.2 Å². The highest BCUT2D eigenvalue weighted by molar-refractivity contribution is 4.66. The molecule has 2 nitrogen and oxygen atoms in total. The lowest BCUT2D eigenvalue weighted by atomic mass is 9.86. The molecular weight excluding hydrogens is 176 g/mol. The van der Waals surface area contributed by atoms with Crippen LogP contribution in [-0.2, 0) is 0 Å². The first-order valence-corrected chi connectivity index (χ1v) is 5.79. The lowest BCUT2D eigenvalue weighted by molar-refractivity contribution is 0.146. The monoisotopic (exact) mass is 202 g/mol. The molecule has 2 N–H and O–H groups in total. The van der Waals surface area contributed by atoms with Crippen molar-refractivity contribution in [1.82, 2.24) is 0 Å². The van der Waals surface area contributed by atoms with Gasteiger partial charge >= 0.3 is 0 Å². The van der Waals surface area contributed by atoms with E-state index in [0.29, 0.717) is 11.8 Å². The third-order valence-corrected chi connectivity index (χ3v) is 2.85. The van der Waals surface area contributed by atoms with Crippen molar-refractivity contribution in [3.63, 3.8) is 0 Å². The van der Waals surface area contributed by atoms with Gasteiger partial charge in [0.05, 0.1) is 12.2 Å². The molecule has 0 aliphatic heterocycles. The average Bonchev–Trinajstić information content (AvgIpc) is 2.02. The molecule has 0 saturated carbocycles. The maximum atomic E-state index is 9.21. The summed E-state index contributed by atoms with van der Waals surface area (Å²) in [6.07, 6.45) is 3.51. The Labute approximate surface area is 88.3 Å². The molecule has 14 heavy (non-hydrogen) atoms. The highest BCUT2D eigenvalue weighted by atomic mass is 16.3. The molecule has 86 valence electrons. The second-order valence-corrected chi connectivity index (χ2v) is 4.86. The van der Waals surface area contributed by atoms with Crippen LogP contribution in [0, 0.1) is 11.8 Å². The predicted octanol–water partition coefficient (Wildman–Crippen LogP) is 2.58. The number of aliphatic hydroxyl groups is 2. The highest BCUT2D eigenvalue weighted by Crippen LogP contribution is 2.23. The second-order valence-electron chi connectivity index (χ2n) is 4.86. The summed E-state index contributed by atoms with van der Waals surface area (Å²) in [5, 5.41) is 18.4. The van der Waals surface area contributed by atoms with Crippen LogP contribution in [0.2, 0.25) is 0 Å². The van der Waals surface area contributed by atoms with Crippen molar-refractivity contribution in [3.05, 3.63) is 0 Å². The maximum Gasteiger partial charge on any atom is 0.0512 e. The maximum absolute atomic E-state index is 9.21. The number of aliphatic hydroxyl groups excluding tert-OH is 2. The molecule has 0 fully saturated rings. The molecule has 0 radical (unpaired) electrons. The van der Waals surface area contributed by atoms with Gasteiger partial charge in [-0.2, -0.15) is 0 Å². The molecule has 0 spiro atoms. The fourth-order valence-electron chi connectivity index (χ4n) is 1.72. The fraction of sp³-hybridized carbons (Fsp3) is 1.00. The Kier molecular flexibility index (Phi) is 7.20. The SMILES string of the molecule is CC(C)C(CC[C@H](C)O)CC[C@H](C)O. The normalized spacial score (nSPS) is 16.3. The quantitative estimate of drug-likeness (QED) is 0.666. The zero-order valence-electron chi connectivity index (χ0n) is 10.0. The van der Waals surface area contributed by atoms with Gasteiger partial charge in [0.25, 0.3) is 0 Å². The first-order chi connectivity index (χ1) is 6.43. The minimum absolute atomic E-state index is 0.192. The van der Waals surface area contributed by atoms with Crippen LogP contribution >= 0.6 is 0 Å². The summed E-state index contributed by atoms with van der Waals surface area (Å²) < 4.78 is 0. The van der Waals surface area contributed by atoms with E-state index >= 15 is 0 Å². The van der Waals surface area contributed by atoms with Crippen molar-refractivity contribution in [2.24, 2.45) is 11.8 Å². The molecule has 0 aliphatic carbocycles. The highest BCUT2D eigenvalue weighted by Gasteiger charge is 2.14. The van der Waals surface area contributed by atoms with Crippen molar-refractivity contribution in [3.8, 4) is 0 Å². The molecule has 0 amide bonds. The van der Waals surface area contributed by atoms with E-state index in [9.17, 15) is 10.2 Å². The number of rotatable bonds is 7. The zero-order chi connectivity index (χ0) is 11.1. The smallest absolute Gasteiger partial charge is 0.0512 e. The third kappa shape index (κ3) is 7.34. The Morgan fingerprint density at radius 3 is 1.29 bits per heavy atom. The van der Waals surface area contributed by atoms with Crippen LogP contribution in [0.3, 0.4) is 0 Å². The molecule has 0 aromatic carbocycles. The Morgan fingerprint density at radius 2 is 1.07 bits per heavy atom. The Bertz CT molecular complexity index is 118. The molecule has 0 saturated heterocycles. The Morgan fingerprint density at radius 1 is 0.714 bits per heavy atom. The number of hydrogen-bond donors (Lipinski definition) is 2. The summed E-state index contributed by atoms with van der Waals surface area (Å²) in [5.74, 6) is 1.28. The molecule has 0 rings (SSSR count). The molecular formula is C12H26O2.